The molecule has 0 amide bonds. The van der Waals surface area contributed by atoms with E-state index in [-0.39, 0.29) is 0 Å². The van der Waals surface area contributed by atoms with E-state index in [4.69, 9.17) is 0 Å². The molecule has 0 saturated carbocycles. The number of aryl methyl sites for hydroxylation is 2. The summed E-state index contributed by atoms with van der Waals surface area (Å²) < 4.78 is 7.32. The Morgan fingerprint density at radius 3 is 0.798 bits per heavy atom. The van der Waals surface area contributed by atoms with Gasteiger partial charge in [-0.05, 0) is 198 Å². The maximum atomic E-state index is 2.48. The molecule has 84 heavy (non-hydrogen) atoms. The van der Waals surface area contributed by atoms with Crippen LogP contribution >= 0.6 is 0 Å². The Morgan fingerprint density at radius 2 is 0.452 bits per heavy atom. The number of aromatic nitrogens is 3. The van der Waals surface area contributed by atoms with Gasteiger partial charge in [-0.2, -0.15) is 0 Å². The van der Waals surface area contributed by atoms with E-state index in [1.165, 1.54) is 99.0 Å². The quantitative estimate of drug-likeness (QED) is 0.133. The van der Waals surface area contributed by atoms with Gasteiger partial charge in [-0.3, -0.25) is 0 Å². The fraction of sp³-hybridized carbons (Fsp3) is 0.0250. The van der Waals surface area contributed by atoms with Crippen LogP contribution in [0.4, 0.5) is 17.1 Å². The van der Waals surface area contributed by atoms with Crippen LogP contribution in [0.2, 0.25) is 0 Å². The summed E-state index contributed by atoms with van der Waals surface area (Å²) in [5, 5.41) is 7.27. The van der Waals surface area contributed by atoms with Crippen molar-refractivity contribution in [2.75, 3.05) is 4.90 Å². The molecule has 16 rings (SSSR count). The van der Waals surface area contributed by atoms with E-state index in [1.807, 2.05) is 0 Å². The molecule has 0 bridgehead atoms. The lowest BCUT2D eigenvalue weighted by atomic mass is 9.98. The van der Waals surface area contributed by atoms with E-state index in [0.29, 0.717) is 0 Å². The van der Waals surface area contributed by atoms with E-state index in [0.717, 1.165) is 56.2 Å². The number of fused-ring (bicyclic) bond motifs is 9. The molecule has 0 aliphatic heterocycles. The van der Waals surface area contributed by atoms with Gasteiger partial charge in [0.05, 0.1) is 33.1 Å². The summed E-state index contributed by atoms with van der Waals surface area (Å²) in [6, 6.07) is 112. The highest BCUT2D eigenvalue weighted by Crippen LogP contribution is 2.44. The van der Waals surface area contributed by atoms with Crippen molar-refractivity contribution < 1.29 is 0 Å². The van der Waals surface area contributed by atoms with Crippen LogP contribution in [-0.2, 0) is 0 Å². The minimum Gasteiger partial charge on any atom is -0.311 e. The van der Waals surface area contributed by atoms with Crippen molar-refractivity contribution in [3.63, 3.8) is 0 Å². The van der Waals surface area contributed by atoms with Crippen LogP contribution in [-0.4, -0.2) is 13.7 Å². The average Bonchev–Trinajstić information content (AvgIpc) is 1.83. The second-order valence-corrected chi connectivity index (χ2v) is 22.3. The molecule has 0 aliphatic rings. The van der Waals surface area contributed by atoms with E-state index in [9.17, 15) is 0 Å². The first-order valence-corrected chi connectivity index (χ1v) is 29.0. The normalized spacial score (nSPS) is 11.7. The van der Waals surface area contributed by atoms with Gasteiger partial charge in [-0.1, -0.05) is 175 Å². The summed E-state index contributed by atoms with van der Waals surface area (Å²) >= 11 is 0. The summed E-state index contributed by atoms with van der Waals surface area (Å²) in [4.78, 5) is 2.34. The van der Waals surface area contributed by atoms with Crippen molar-refractivity contribution in [3.05, 3.63) is 314 Å². The average molecular weight is 1070 g/mol. The van der Waals surface area contributed by atoms with Gasteiger partial charge in [-0.15, -0.1) is 0 Å². The third-order valence-electron chi connectivity index (χ3n) is 17.2. The van der Waals surface area contributed by atoms with Crippen molar-refractivity contribution in [1.82, 2.24) is 13.7 Å². The van der Waals surface area contributed by atoms with E-state index in [2.05, 4.69) is 336 Å². The summed E-state index contributed by atoms with van der Waals surface area (Å²) in [5.41, 5.74) is 25.7. The first kappa shape index (κ1) is 48.9. The van der Waals surface area contributed by atoms with Crippen molar-refractivity contribution >= 4 is 82.5 Å². The molecule has 13 aromatic carbocycles. The Labute approximate surface area is 488 Å². The lowest BCUT2D eigenvalue weighted by Crippen LogP contribution is -2.10. The van der Waals surface area contributed by atoms with Gasteiger partial charge >= 0.3 is 0 Å². The summed E-state index contributed by atoms with van der Waals surface area (Å²) in [5.74, 6) is 0. The van der Waals surface area contributed by atoms with Crippen molar-refractivity contribution in [3.8, 4) is 61.6 Å². The molecular weight excluding hydrogens is 1020 g/mol. The number of nitrogens with zero attached hydrogens (tertiary/aromatic N) is 4. The molecule has 0 spiro atoms. The summed E-state index contributed by atoms with van der Waals surface area (Å²) in [7, 11) is 0. The molecule has 3 aromatic heterocycles. The molecule has 0 saturated heterocycles. The van der Waals surface area contributed by atoms with Crippen LogP contribution in [0.15, 0.2) is 303 Å². The fourth-order valence-electron chi connectivity index (χ4n) is 13.0. The highest BCUT2D eigenvalue weighted by Gasteiger charge is 2.21. The molecule has 16 aromatic rings. The van der Waals surface area contributed by atoms with E-state index < -0.39 is 0 Å². The van der Waals surface area contributed by atoms with Crippen LogP contribution < -0.4 is 4.90 Å². The van der Waals surface area contributed by atoms with Crippen molar-refractivity contribution in [1.29, 1.82) is 0 Å². The van der Waals surface area contributed by atoms with Crippen molar-refractivity contribution in [2.45, 2.75) is 13.8 Å². The van der Waals surface area contributed by atoms with Gasteiger partial charge < -0.3 is 18.6 Å². The highest BCUT2D eigenvalue weighted by atomic mass is 15.1. The van der Waals surface area contributed by atoms with Gasteiger partial charge in [0, 0.05) is 66.4 Å². The lowest BCUT2D eigenvalue weighted by Gasteiger charge is -2.26. The van der Waals surface area contributed by atoms with Crippen molar-refractivity contribution in [2.24, 2.45) is 0 Å². The number of hydrogen-bond acceptors (Lipinski definition) is 1. The molecule has 4 heteroatoms. The molecule has 0 fully saturated rings. The monoisotopic (exact) mass is 1070 g/mol. The maximum Gasteiger partial charge on any atom is 0.0542 e. The molecule has 3 heterocycles. The van der Waals surface area contributed by atoms with Gasteiger partial charge in [0.1, 0.15) is 0 Å². The second-order valence-electron chi connectivity index (χ2n) is 22.3. The Kier molecular flexibility index (Phi) is 11.6. The fourth-order valence-corrected chi connectivity index (χ4v) is 13.0. The first-order valence-electron chi connectivity index (χ1n) is 29.0. The number of para-hydroxylation sites is 1. The first-order chi connectivity index (χ1) is 41.5. The number of rotatable bonds is 10. The molecule has 0 radical (unpaired) electrons. The molecule has 396 valence electrons. The molecule has 0 atom stereocenters. The standard InChI is InChI=1S/C80H56N4/c1-53-23-32-64(33-24-53)81(65-34-25-54(2)26-35-65)66-36-38-67(39-37-66)83-75-41-27-58(55-15-7-3-8-16-55)47-69(75)71-50-61(30-44-76(71)83)62-31-45-79-72(51-62)70-48-59(56-17-9-4-10-18-56)29-43-78(70)84(79)68-40-46-80-74(52-68)73-49-60(57-19-11-5-12-20-57)28-42-77(73)82(80)63-21-13-6-14-22-63/h3-52H,1-2H3. The van der Waals surface area contributed by atoms with Crippen LogP contribution in [0.25, 0.3) is 127 Å². The molecule has 0 aliphatic carbocycles. The molecular formula is C80H56N4. The Morgan fingerprint density at radius 1 is 0.202 bits per heavy atom. The zero-order valence-corrected chi connectivity index (χ0v) is 46.7. The Bertz CT molecular complexity index is 5110. The number of anilines is 3. The topological polar surface area (TPSA) is 18.0 Å². The zero-order valence-electron chi connectivity index (χ0n) is 46.7. The van der Waals surface area contributed by atoms with Gasteiger partial charge in [0.25, 0.3) is 0 Å². The third kappa shape index (κ3) is 8.29. The maximum absolute atomic E-state index is 2.48. The van der Waals surface area contributed by atoms with Crippen LogP contribution in [0, 0.1) is 13.8 Å². The minimum atomic E-state index is 1.10. The summed E-state index contributed by atoms with van der Waals surface area (Å²) in [6.45, 7) is 4.28. The second kappa shape index (κ2) is 19.9. The zero-order chi connectivity index (χ0) is 55.8. The van der Waals surface area contributed by atoms with E-state index >= 15 is 0 Å². The third-order valence-corrected chi connectivity index (χ3v) is 17.2. The van der Waals surface area contributed by atoms with Crippen LogP contribution in [0.3, 0.4) is 0 Å². The SMILES string of the molecule is Cc1ccc(N(c2ccc(C)cc2)c2ccc(-n3c4ccc(-c5ccccc5)cc4c4cc(-c5ccc6c(c5)c5cc(-c7ccccc7)ccc5n6-c5ccc6c(c5)c5cc(-c7ccccc7)ccc5n6-c5ccccc5)ccc43)cc2)cc1. The smallest absolute Gasteiger partial charge is 0.0542 e. The molecule has 4 nitrogen and oxygen atoms in total. The van der Waals surface area contributed by atoms with E-state index in [1.54, 1.807) is 0 Å². The Balaban J connectivity index is 0.864. The van der Waals surface area contributed by atoms with Crippen LogP contribution in [0.5, 0.6) is 0 Å². The molecule has 0 unspecified atom stereocenters. The lowest BCUT2D eigenvalue weighted by molar-refractivity contribution is 1.17. The molecule has 0 N–H and O–H groups in total. The minimum absolute atomic E-state index is 1.10. The largest absolute Gasteiger partial charge is 0.311 e. The Hall–Kier alpha value is -10.9. The summed E-state index contributed by atoms with van der Waals surface area (Å²) in [6.07, 6.45) is 0. The van der Waals surface area contributed by atoms with Crippen LogP contribution in [0.1, 0.15) is 11.1 Å². The number of benzene rings is 13. The van der Waals surface area contributed by atoms with Gasteiger partial charge in [-0.25, -0.2) is 0 Å². The predicted octanol–water partition coefficient (Wildman–Crippen LogP) is 21.7. The predicted molar refractivity (Wildman–Crippen MR) is 355 cm³/mol. The van der Waals surface area contributed by atoms with Gasteiger partial charge in [0.15, 0.2) is 0 Å². The highest BCUT2D eigenvalue weighted by molar-refractivity contribution is 6.15. The number of hydrogen-bond donors (Lipinski definition) is 0. The van der Waals surface area contributed by atoms with Gasteiger partial charge in [0.2, 0.25) is 0 Å².